The molecule has 2 aliphatic heterocycles. The van der Waals surface area contributed by atoms with Crippen LogP contribution in [0.5, 0.6) is 0 Å². The zero-order chi connectivity index (χ0) is 18.2. The van der Waals surface area contributed by atoms with Gasteiger partial charge in [0.25, 0.3) is 0 Å². The van der Waals surface area contributed by atoms with Gasteiger partial charge in [-0.3, -0.25) is 4.98 Å². The molecule has 1 aromatic rings. The molecule has 2 fully saturated rings. The fourth-order valence-electron chi connectivity index (χ4n) is 3.71. The summed E-state index contributed by atoms with van der Waals surface area (Å²) in [5, 5.41) is 0. The van der Waals surface area contributed by atoms with Crippen LogP contribution in [0.1, 0.15) is 17.8 Å². The van der Waals surface area contributed by atoms with E-state index in [1.807, 2.05) is 25.1 Å². The molecular weight excluding hydrogens is 342 g/mol. The minimum absolute atomic E-state index is 0.0754. The van der Waals surface area contributed by atoms with Gasteiger partial charge in [0, 0.05) is 38.8 Å². The highest BCUT2D eigenvalue weighted by Gasteiger charge is 2.62. The van der Waals surface area contributed by atoms with Gasteiger partial charge in [0.05, 0.1) is 24.7 Å². The molecule has 0 aromatic carbocycles. The van der Waals surface area contributed by atoms with Crippen LogP contribution < -0.4 is 0 Å². The summed E-state index contributed by atoms with van der Waals surface area (Å²) >= 11 is 0. The van der Waals surface area contributed by atoms with Crippen molar-refractivity contribution in [3.8, 4) is 0 Å². The van der Waals surface area contributed by atoms with Crippen molar-refractivity contribution >= 4 is 15.9 Å². The molecule has 0 bridgehead atoms. The van der Waals surface area contributed by atoms with Crippen LogP contribution in [0, 0.1) is 12.8 Å². The number of hydrogen-bond acceptors (Lipinski definition) is 5. The number of carbonyl (C=O) groups excluding carboxylic acids is 1. The standard InChI is InChI=1S/C17H25N3O4S/c1-13-5-4-6-15(18-13)10-24-9-14-7-8-25(22,23)17(14)11-20(12-17)16(21)19(2)3/h4-6,14H,7-12H2,1-3H3/t14-/m0/s1. The molecule has 0 saturated carbocycles. The molecule has 0 aliphatic carbocycles. The normalized spacial score (nSPS) is 23.5. The van der Waals surface area contributed by atoms with Crippen molar-refractivity contribution in [1.82, 2.24) is 14.8 Å². The van der Waals surface area contributed by atoms with Crippen LogP contribution in [0.2, 0.25) is 0 Å². The van der Waals surface area contributed by atoms with Gasteiger partial charge in [0.15, 0.2) is 9.84 Å². The van der Waals surface area contributed by atoms with E-state index < -0.39 is 14.6 Å². The monoisotopic (exact) mass is 367 g/mol. The second-order valence-electron chi connectivity index (χ2n) is 7.19. The zero-order valence-electron chi connectivity index (χ0n) is 14.9. The lowest BCUT2D eigenvalue weighted by Gasteiger charge is -2.50. The number of likely N-dealkylation sites (tertiary alicyclic amines) is 1. The summed E-state index contributed by atoms with van der Waals surface area (Å²) in [6.45, 7) is 3.20. The summed E-state index contributed by atoms with van der Waals surface area (Å²) < 4.78 is 30.1. The molecular formula is C17H25N3O4S. The molecule has 3 rings (SSSR count). The molecule has 0 radical (unpaired) electrons. The number of sulfone groups is 1. The number of amides is 2. The SMILES string of the molecule is Cc1cccc(COC[C@@H]2CCS(=O)(=O)C23CN(C(=O)N(C)C)C3)n1. The smallest absolute Gasteiger partial charge is 0.319 e. The van der Waals surface area contributed by atoms with E-state index in [4.69, 9.17) is 4.74 Å². The van der Waals surface area contributed by atoms with E-state index in [9.17, 15) is 13.2 Å². The van der Waals surface area contributed by atoms with Gasteiger partial charge in [0.2, 0.25) is 0 Å². The molecule has 3 heterocycles. The van der Waals surface area contributed by atoms with Crippen LogP contribution in [-0.2, 0) is 21.2 Å². The molecule has 2 saturated heterocycles. The number of nitrogens with zero attached hydrogens (tertiary/aromatic N) is 3. The van der Waals surface area contributed by atoms with Gasteiger partial charge < -0.3 is 14.5 Å². The highest BCUT2D eigenvalue weighted by Crippen LogP contribution is 2.45. The number of aryl methyl sites for hydroxylation is 1. The van der Waals surface area contributed by atoms with E-state index >= 15 is 0 Å². The quantitative estimate of drug-likeness (QED) is 0.795. The fourth-order valence-corrected chi connectivity index (χ4v) is 6.11. The molecule has 138 valence electrons. The molecule has 2 amide bonds. The molecule has 1 aromatic heterocycles. The summed E-state index contributed by atoms with van der Waals surface area (Å²) in [5.41, 5.74) is 1.77. The maximum absolute atomic E-state index is 12.6. The summed E-state index contributed by atoms with van der Waals surface area (Å²) in [4.78, 5) is 19.5. The highest BCUT2D eigenvalue weighted by molar-refractivity contribution is 7.93. The van der Waals surface area contributed by atoms with Gasteiger partial charge in [-0.05, 0) is 25.5 Å². The van der Waals surface area contributed by atoms with Crippen molar-refractivity contribution in [3.05, 3.63) is 29.6 Å². The van der Waals surface area contributed by atoms with Gasteiger partial charge in [-0.15, -0.1) is 0 Å². The van der Waals surface area contributed by atoms with Crippen LogP contribution in [0.25, 0.3) is 0 Å². The Morgan fingerprint density at radius 2 is 2.12 bits per heavy atom. The average molecular weight is 367 g/mol. The topological polar surface area (TPSA) is 79.8 Å². The largest absolute Gasteiger partial charge is 0.375 e. The Labute approximate surface area is 148 Å². The van der Waals surface area contributed by atoms with Crippen molar-refractivity contribution in [2.24, 2.45) is 5.92 Å². The first-order chi connectivity index (χ1) is 11.7. The van der Waals surface area contributed by atoms with Crippen molar-refractivity contribution < 1.29 is 17.9 Å². The summed E-state index contributed by atoms with van der Waals surface area (Å²) in [6.07, 6.45) is 0.591. The van der Waals surface area contributed by atoms with Gasteiger partial charge in [-0.1, -0.05) is 6.07 Å². The van der Waals surface area contributed by atoms with Crippen molar-refractivity contribution in [2.75, 3.05) is 39.5 Å². The Kier molecular flexibility index (Phi) is 4.76. The first kappa shape index (κ1) is 18.1. The highest BCUT2D eigenvalue weighted by atomic mass is 32.2. The predicted molar refractivity (Wildman–Crippen MR) is 93.9 cm³/mol. The van der Waals surface area contributed by atoms with E-state index in [1.54, 1.807) is 19.0 Å². The third-order valence-electron chi connectivity index (χ3n) is 5.18. The van der Waals surface area contributed by atoms with Crippen LogP contribution in [-0.4, -0.2) is 73.5 Å². The predicted octanol–water partition coefficient (Wildman–Crippen LogP) is 1.08. The van der Waals surface area contributed by atoms with E-state index in [0.717, 1.165) is 11.4 Å². The Hall–Kier alpha value is -1.67. The van der Waals surface area contributed by atoms with Crippen molar-refractivity contribution in [2.45, 2.75) is 24.7 Å². The van der Waals surface area contributed by atoms with Gasteiger partial charge >= 0.3 is 6.03 Å². The number of carbonyl (C=O) groups is 1. The zero-order valence-corrected chi connectivity index (χ0v) is 15.8. The van der Waals surface area contributed by atoms with Gasteiger partial charge in [-0.25, -0.2) is 13.2 Å². The summed E-state index contributed by atoms with van der Waals surface area (Å²) in [5.74, 6) is 0.0989. The first-order valence-electron chi connectivity index (χ1n) is 8.44. The lowest BCUT2D eigenvalue weighted by Crippen LogP contribution is -2.69. The number of rotatable bonds is 4. The first-order valence-corrected chi connectivity index (χ1v) is 10.1. The maximum atomic E-state index is 12.6. The van der Waals surface area contributed by atoms with Crippen molar-refractivity contribution in [1.29, 1.82) is 0 Å². The number of pyridine rings is 1. The number of hydrogen-bond donors (Lipinski definition) is 0. The molecule has 1 spiro atoms. The Balaban J connectivity index is 1.62. The minimum Gasteiger partial charge on any atom is -0.375 e. The summed E-state index contributed by atoms with van der Waals surface area (Å²) in [6, 6.07) is 5.61. The molecule has 0 N–H and O–H groups in total. The van der Waals surface area contributed by atoms with Gasteiger partial charge in [0.1, 0.15) is 4.75 Å². The molecule has 8 heteroatoms. The van der Waals surface area contributed by atoms with E-state index in [1.165, 1.54) is 4.90 Å². The van der Waals surface area contributed by atoms with E-state index in [2.05, 4.69) is 4.98 Å². The lowest BCUT2D eigenvalue weighted by atomic mass is 9.84. The third-order valence-corrected chi connectivity index (χ3v) is 7.79. The lowest BCUT2D eigenvalue weighted by molar-refractivity contribution is 0.0312. The van der Waals surface area contributed by atoms with Crippen LogP contribution in [0.3, 0.4) is 0 Å². The number of urea groups is 1. The second-order valence-corrected chi connectivity index (χ2v) is 9.64. The third kappa shape index (κ3) is 3.25. The molecule has 1 atom stereocenters. The molecule has 0 unspecified atom stereocenters. The van der Waals surface area contributed by atoms with Crippen molar-refractivity contribution in [3.63, 3.8) is 0 Å². The Bertz CT molecular complexity index is 757. The Morgan fingerprint density at radius 3 is 2.76 bits per heavy atom. The van der Waals surface area contributed by atoms with Crippen LogP contribution in [0.15, 0.2) is 18.2 Å². The fraction of sp³-hybridized carbons (Fsp3) is 0.647. The number of aromatic nitrogens is 1. The maximum Gasteiger partial charge on any atom is 0.319 e. The second kappa shape index (κ2) is 6.57. The summed E-state index contributed by atoms with van der Waals surface area (Å²) in [7, 11) is 0.144. The molecule has 7 nitrogen and oxygen atoms in total. The van der Waals surface area contributed by atoms with Crippen LogP contribution >= 0.6 is 0 Å². The number of ether oxygens (including phenoxy) is 1. The minimum atomic E-state index is -3.20. The van der Waals surface area contributed by atoms with E-state index in [0.29, 0.717) is 19.6 Å². The molecule has 25 heavy (non-hydrogen) atoms. The van der Waals surface area contributed by atoms with E-state index in [-0.39, 0.29) is 30.8 Å². The van der Waals surface area contributed by atoms with Gasteiger partial charge in [-0.2, -0.15) is 0 Å². The molecule has 2 aliphatic rings. The average Bonchev–Trinajstić information content (AvgIpc) is 2.76. The Morgan fingerprint density at radius 1 is 1.40 bits per heavy atom. The van der Waals surface area contributed by atoms with Crippen LogP contribution in [0.4, 0.5) is 4.79 Å².